The Balaban J connectivity index is 0.00000256. The van der Waals surface area contributed by atoms with Gasteiger partial charge in [0, 0.05) is 32.0 Å². The molecular weight excluding hydrogens is 242 g/mol. The van der Waals surface area contributed by atoms with Crippen LogP contribution in [0.1, 0.15) is 32.1 Å². The lowest BCUT2D eigenvalue weighted by Gasteiger charge is -2.35. The van der Waals surface area contributed by atoms with Gasteiger partial charge in [-0.3, -0.25) is 9.59 Å². The van der Waals surface area contributed by atoms with E-state index in [4.69, 9.17) is 5.73 Å². The zero-order valence-electron chi connectivity index (χ0n) is 10.3. The summed E-state index contributed by atoms with van der Waals surface area (Å²) in [6.45, 7) is 1.44. The lowest BCUT2D eigenvalue weighted by Crippen LogP contribution is -2.46. The number of hydrogen-bond donors (Lipinski definition) is 2. The van der Waals surface area contributed by atoms with E-state index < -0.39 is 0 Å². The van der Waals surface area contributed by atoms with E-state index in [0.29, 0.717) is 19.4 Å². The van der Waals surface area contributed by atoms with Gasteiger partial charge in [-0.2, -0.15) is 0 Å². The summed E-state index contributed by atoms with van der Waals surface area (Å²) in [6.07, 6.45) is 3.79. The van der Waals surface area contributed by atoms with Crippen LogP contribution in [0, 0.1) is 0 Å². The van der Waals surface area contributed by atoms with E-state index in [1.165, 1.54) is 0 Å². The molecule has 1 aliphatic rings. The average Bonchev–Trinajstić information content (AvgIpc) is 2.26. The molecule has 0 aromatic heterocycles. The minimum absolute atomic E-state index is 0. The summed E-state index contributed by atoms with van der Waals surface area (Å²) in [7, 11) is 1.82. The molecule has 0 radical (unpaired) electrons. The molecule has 0 spiro atoms. The molecule has 1 rings (SSSR count). The van der Waals surface area contributed by atoms with Crippen molar-refractivity contribution < 1.29 is 9.59 Å². The van der Waals surface area contributed by atoms with Crippen molar-refractivity contribution in [1.29, 1.82) is 0 Å². The van der Waals surface area contributed by atoms with Crippen LogP contribution in [0.2, 0.25) is 0 Å². The van der Waals surface area contributed by atoms with E-state index in [1.807, 2.05) is 11.9 Å². The van der Waals surface area contributed by atoms with Crippen LogP contribution in [-0.2, 0) is 9.59 Å². The van der Waals surface area contributed by atoms with Gasteiger partial charge in [0.25, 0.3) is 0 Å². The van der Waals surface area contributed by atoms with Crippen molar-refractivity contribution in [2.45, 2.75) is 38.1 Å². The Bertz CT molecular complexity index is 261. The molecule has 6 heteroatoms. The van der Waals surface area contributed by atoms with Crippen LogP contribution in [0.3, 0.4) is 0 Å². The number of amides is 2. The first-order chi connectivity index (χ1) is 7.65. The predicted molar refractivity (Wildman–Crippen MR) is 69.0 cm³/mol. The third kappa shape index (κ3) is 5.37. The number of rotatable bonds is 5. The molecule has 3 N–H and O–H groups in total. The van der Waals surface area contributed by atoms with Gasteiger partial charge >= 0.3 is 0 Å². The van der Waals surface area contributed by atoms with Crippen LogP contribution < -0.4 is 11.1 Å². The van der Waals surface area contributed by atoms with E-state index in [1.54, 1.807) is 0 Å². The minimum Gasteiger partial charge on any atom is -0.370 e. The third-order valence-electron chi connectivity index (χ3n) is 2.97. The van der Waals surface area contributed by atoms with Gasteiger partial charge in [0.2, 0.25) is 11.8 Å². The largest absolute Gasteiger partial charge is 0.370 e. The number of hydrogen-bond acceptors (Lipinski definition) is 3. The van der Waals surface area contributed by atoms with Gasteiger partial charge in [-0.25, -0.2) is 0 Å². The molecule has 1 aliphatic heterocycles. The second-order valence-corrected chi connectivity index (χ2v) is 4.26. The summed E-state index contributed by atoms with van der Waals surface area (Å²) in [5, 5.41) is 2.95. The molecule has 1 heterocycles. The van der Waals surface area contributed by atoms with E-state index in [-0.39, 0.29) is 30.3 Å². The Morgan fingerprint density at radius 2 is 2.12 bits per heavy atom. The van der Waals surface area contributed by atoms with Crippen LogP contribution in [0.25, 0.3) is 0 Å². The number of carbonyl (C=O) groups is 2. The first kappa shape index (κ1) is 16.2. The van der Waals surface area contributed by atoms with Gasteiger partial charge in [-0.1, -0.05) is 0 Å². The second-order valence-electron chi connectivity index (χ2n) is 4.26. The standard InChI is InChI=1S/C11H21N3O2.ClH/c1-13-6-5-11(16)14-7-3-2-4-9(14)8-10(12)15;/h9,13H,2-8H2,1H3,(H2,12,15);1H. The highest BCUT2D eigenvalue weighted by Gasteiger charge is 2.27. The molecule has 1 unspecified atom stereocenters. The SMILES string of the molecule is CNCCC(=O)N1CCCCC1CC(N)=O.Cl. The Hall–Kier alpha value is -0.810. The van der Waals surface area contributed by atoms with Gasteiger partial charge in [0.15, 0.2) is 0 Å². The highest BCUT2D eigenvalue weighted by atomic mass is 35.5. The Morgan fingerprint density at radius 1 is 1.41 bits per heavy atom. The first-order valence-electron chi connectivity index (χ1n) is 5.87. The smallest absolute Gasteiger partial charge is 0.224 e. The summed E-state index contributed by atoms with van der Waals surface area (Å²) in [4.78, 5) is 24.6. The van der Waals surface area contributed by atoms with Crippen LogP contribution in [0.4, 0.5) is 0 Å². The number of carbonyl (C=O) groups excluding carboxylic acids is 2. The Labute approximate surface area is 109 Å². The quantitative estimate of drug-likeness (QED) is 0.748. The number of nitrogens with one attached hydrogen (secondary N) is 1. The van der Waals surface area contributed by atoms with Gasteiger partial charge < -0.3 is 16.0 Å². The second kappa shape index (κ2) is 8.31. The lowest BCUT2D eigenvalue weighted by atomic mass is 9.98. The number of likely N-dealkylation sites (tertiary alicyclic amines) is 1. The van der Waals surface area contributed by atoms with Crippen molar-refractivity contribution in [1.82, 2.24) is 10.2 Å². The van der Waals surface area contributed by atoms with Gasteiger partial charge in [-0.15, -0.1) is 12.4 Å². The summed E-state index contributed by atoms with van der Waals surface area (Å²) in [5.74, 6) is -0.196. The molecule has 5 nitrogen and oxygen atoms in total. The highest BCUT2D eigenvalue weighted by Crippen LogP contribution is 2.20. The van der Waals surface area contributed by atoms with Crippen molar-refractivity contribution >= 4 is 24.2 Å². The number of primary amides is 1. The van der Waals surface area contributed by atoms with Gasteiger partial charge in [0.1, 0.15) is 0 Å². The summed E-state index contributed by atoms with van der Waals surface area (Å²) in [6, 6.07) is 0.0237. The maximum absolute atomic E-state index is 11.9. The molecule has 1 saturated heterocycles. The lowest BCUT2D eigenvalue weighted by molar-refractivity contribution is -0.135. The molecule has 100 valence electrons. The van der Waals surface area contributed by atoms with Crippen LogP contribution in [-0.4, -0.2) is 42.9 Å². The normalized spacial score (nSPS) is 19.6. The van der Waals surface area contributed by atoms with Crippen molar-refractivity contribution in [2.75, 3.05) is 20.1 Å². The van der Waals surface area contributed by atoms with E-state index >= 15 is 0 Å². The fraction of sp³-hybridized carbons (Fsp3) is 0.818. The van der Waals surface area contributed by atoms with E-state index in [0.717, 1.165) is 25.8 Å². The molecule has 1 fully saturated rings. The minimum atomic E-state index is -0.321. The number of halogens is 1. The Kier molecular flexibility index (Phi) is 7.91. The van der Waals surface area contributed by atoms with Crippen molar-refractivity contribution in [3.8, 4) is 0 Å². The average molecular weight is 264 g/mol. The number of piperidine rings is 1. The maximum Gasteiger partial charge on any atom is 0.224 e. The molecule has 2 amide bonds. The summed E-state index contributed by atoms with van der Waals surface area (Å²) in [5.41, 5.74) is 5.20. The topological polar surface area (TPSA) is 75.4 Å². The first-order valence-corrected chi connectivity index (χ1v) is 5.87. The monoisotopic (exact) mass is 263 g/mol. The fourth-order valence-corrected chi connectivity index (χ4v) is 2.15. The number of nitrogens with zero attached hydrogens (tertiary/aromatic N) is 1. The van der Waals surface area contributed by atoms with E-state index in [9.17, 15) is 9.59 Å². The van der Waals surface area contributed by atoms with Crippen LogP contribution in [0.15, 0.2) is 0 Å². The van der Waals surface area contributed by atoms with Crippen LogP contribution >= 0.6 is 12.4 Å². The third-order valence-corrected chi connectivity index (χ3v) is 2.97. The van der Waals surface area contributed by atoms with Crippen molar-refractivity contribution in [2.24, 2.45) is 5.73 Å². The zero-order valence-corrected chi connectivity index (χ0v) is 11.1. The molecule has 0 saturated carbocycles. The molecule has 0 aromatic rings. The van der Waals surface area contributed by atoms with Crippen molar-refractivity contribution in [3.05, 3.63) is 0 Å². The zero-order chi connectivity index (χ0) is 12.0. The van der Waals surface area contributed by atoms with Crippen LogP contribution in [0.5, 0.6) is 0 Å². The molecule has 17 heavy (non-hydrogen) atoms. The molecule has 1 atom stereocenters. The van der Waals surface area contributed by atoms with Gasteiger partial charge in [-0.05, 0) is 26.3 Å². The maximum atomic E-state index is 11.9. The summed E-state index contributed by atoms with van der Waals surface area (Å²) >= 11 is 0. The highest BCUT2D eigenvalue weighted by molar-refractivity contribution is 5.85. The Morgan fingerprint density at radius 3 is 2.71 bits per heavy atom. The molecular formula is C11H22ClN3O2. The fourth-order valence-electron chi connectivity index (χ4n) is 2.15. The van der Waals surface area contributed by atoms with Crippen molar-refractivity contribution in [3.63, 3.8) is 0 Å². The molecule has 0 bridgehead atoms. The molecule has 0 aromatic carbocycles. The predicted octanol–water partition coefficient (Wildman–Crippen LogP) is 0.274. The summed E-state index contributed by atoms with van der Waals surface area (Å²) < 4.78 is 0. The molecule has 0 aliphatic carbocycles. The van der Waals surface area contributed by atoms with E-state index in [2.05, 4.69) is 5.32 Å². The van der Waals surface area contributed by atoms with Gasteiger partial charge in [0.05, 0.1) is 0 Å². The number of nitrogens with two attached hydrogens (primary N) is 1.